The van der Waals surface area contributed by atoms with Gasteiger partial charge < -0.3 is 24.5 Å². The van der Waals surface area contributed by atoms with Crippen molar-refractivity contribution >= 4 is 11.7 Å². The number of hydrogen-bond acceptors (Lipinski definition) is 6. The fourth-order valence-electron chi connectivity index (χ4n) is 3.83. The predicted molar refractivity (Wildman–Crippen MR) is 110 cm³/mol. The monoisotopic (exact) mass is 432 g/mol. The summed E-state index contributed by atoms with van der Waals surface area (Å²) in [5.74, 6) is -2.53. The molecule has 9 heteroatoms. The Labute approximate surface area is 178 Å². The molecule has 2 atom stereocenters. The summed E-state index contributed by atoms with van der Waals surface area (Å²) in [5.41, 5.74) is -2.23. The number of methoxy groups -OCH3 is 2. The Morgan fingerprint density at radius 1 is 1.32 bits per heavy atom. The Hall–Kier alpha value is -3.04. The maximum atomic E-state index is 13.8. The molecule has 0 aliphatic carbocycles. The summed E-state index contributed by atoms with van der Waals surface area (Å²) in [6, 6.07) is 5.92. The maximum absolute atomic E-state index is 13.8. The zero-order chi connectivity index (χ0) is 22.8. The van der Waals surface area contributed by atoms with Gasteiger partial charge in [0.15, 0.2) is 11.5 Å². The van der Waals surface area contributed by atoms with Crippen LogP contribution in [0, 0.1) is 11.2 Å². The van der Waals surface area contributed by atoms with Crippen molar-refractivity contribution in [1.82, 2.24) is 9.88 Å². The third-order valence-electron chi connectivity index (χ3n) is 5.81. The van der Waals surface area contributed by atoms with Crippen molar-refractivity contribution in [3.05, 3.63) is 63.3 Å². The van der Waals surface area contributed by atoms with E-state index in [-0.39, 0.29) is 29.9 Å². The fraction of sp³-hybridized carbons (Fsp3) is 0.409. The van der Waals surface area contributed by atoms with Gasteiger partial charge in [0.1, 0.15) is 17.1 Å². The summed E-state index contributed by atoms with van der Waals surface area (Å²) in [6.07, 6.45) is 1.01. The number of ether oxygens (including phenoxy) is 2. The first-order valence-electron chi connectivity index (χ1n) is 9.79. The van der Waals surface area contributed by atoms with Crippen LogP contribution in [0.1, 0.15) is 39.8 Å². The van der Waals surface area contributed by atoms with E-state index in [1.807, 2.05) is 0 Å². The van der Waals surface area contributed by atoms with Crippen LogP contribution in [0.3, 0.4) is 0 Å². The van der Waals surface area contributed by atoms with Crippen LogP contribution < -0.4 is 10.7 Å². The number of halogens is 1. The number of nitrogens with zero attached hydrogens (tertiary/aromatic N) is 1. The number of ketones is 1. The molecule has 1 aliphatic rings. The van der Waals surface area contributed by atoms with Gasteiger partial charge in [0.25, 0.3) is 5.91 Å². The van der Waals surface area contributed by atoms with E-state index in [1.165, 1.54) is 43.2 Å². The third kappa shape index (κ3) is 4.11. The molecule has 2 heterocycles. The number of amides is 1. The fourth-order valence-corrected chi connectivity index (χ4v) is 3.83. The van der Waals surface area contributed by atoms with E-state index < -0.39 is 40.2 Å². The van der Waals surface area contributed by atoms with Crippen LogP contribution in [0.5, 0.6) is 5.75 Å². The quantitative estimate of drug-likeness (QED) is 0.692. The Morgan fingerprint density at radius 3 is 2.68 bits per heavy atom. The smallest absolute Gasteiger partial charge is 0.257 e. The summed E-state index contributed by atoms with van der Waals surface area (Å²) < 4.78 is 25.8. The van der Waals surface area contributed by atoms with E-state index in [0.717, 1.165) is 0 Å². The topological polar surface area (TPSA) is 107 Å². The summed E-state index contributed by atoms with van der Waals surface area (Å²) >= 11 is 0. The average molecular weight is 432 g/mol. The van der Waals surface area contributed by atoms with Crippen LogP contribution in [0.2, 0.25) is 0 Å². The van der Waals surface area contributed by atoms with E-state index in [1.54, 1.807) is 13.0 Å². The van der Waals surface area contributed by atoms with E-state index in [0.29, 0.717) is 13.0 Å². The van der Waals surface area contributed by atoms with Crippen LogP contribution in [0.15, 0.2) is 35.3 Å². The first-order valence-corrected chi connectivity index (χ1v) is 9.79. The van der Waals surface area contributed by atoms with E-state index in [4.69, 9.17) is 9.47 Å². The Bertz CT molecular complexity index is 1070. The van der Waals surface area contributed by atoms with E-state index >= 15 is 0 Å². The molecule has 1 amide bonds. The molecule has 31 heavy (non-hydrogen) atoms. The van der Waals surface area contributed by atoms with Crippen molar-refractivity contribution in [1.29, 1.82) is 0 Å². The number of fused-ring (bicyclic) bond motifs is 1. The average Bonchev–Trinajstić information content (AvgIpc) is 2.76. The van der Waals surface area contributed by atoms with Gasteiger partial charge in [-0.2, -0.15) is 0 Å². The molecule has 2 N–H and O–H groups in total. The highest BCUT2D eigenvalue weighted by atomic mass is 19.1. The molecule has 3 rings (SSSR count). The molecule has 0 unspecified atom stereocenters. The van der Waals surface area contributed by atoms with Gasteiger partial charge in [0, 0.05) is 39.1 Å². The predicted octanol–water partition coefficient (Wildman–Crippen LogP) is 1.88. The number of aromatic hydroxyl groups is 1. The van der Waals surface area contributed by atoms with E-state index in [9.17, 15) is 23.9 Å². The molecule has 166 valence electrons. The molecule has 8 nitrogen and oxygen atoms in total. The molecule has 1 aromatic carbocycles. The number of aromatic nitrogens is 1. The second-order valence-corrected chi connectivity index (χ2v) is 7.71. The number of rotatable bonds is 7. The van der Waals surface area contributed by atoms with Crippen molar-refractivity contribution in [3.8, 4) is 5.75 Å². The van der Waals surface area contributed by atoms with Crippen molar-refractivity contribution < 1.29 is 28.6 Å². The second-order valence-electron chi connectivity index (χ2n) is 7.71. The van der Waals surface area contributed by atoms with Crippen molar-refractivity contribution in [2.24, 2.45) is 5.41 Å². The molecule has 0 saturated carbocycles. The Kier molecular flexibility index (Phi) is 6.56. The molecule has 0 spiro atoms. The lowest BCUT2D eigenvalue weighted by Gasteiger charge is -2.40. The van der Waals surface area contributed by atoms with Crippen LogP contribution in [0.25, 0.3) is 0 Å². The molecule has 2 aromatic rings. The van der Waals surface area contributed by atoms with Crippen LogP contribution in [0.4, 0.5) is 4.39 Å². The van der Waals surface area contributed by atoms with Crippen LogP contribution in [-0.2, 0) is 22.6 Å². The summed E-state index contributed by atoms with van der Waals surface area (Å²) in [4.78, 5) is 38.5. The van der Waals surface area contributed by atoms with Crippen LogP contribution >= 0.6 is 0 Å². The number of benzene rings is 1. The number of carbonyl (C=O) groups is 2. The molecule has 1 aromatic heterocycles. The molecule has 1 aliphatic heterocycles. The lowest BCUT2D eigenvalue weighted by atomic mass is 9.73. The summed E-state index contributed by atoms with van der Waals surface area (Å²) in [6.45, 7) is 2.01. The first-order chi connectivity index (χ1) is 14.7. The molecule has 0 radical (unpaired) electrons. The van der Waals surface area contributed by atoms with Gasteiger partial charge in [-0.1, -0.05) is 18.2 Å². The Balaban J connectivity index is 1.95. The lowest BCUT2D eigenvalue weighted by Crippen LogP contribution is -2.50. The summed E-state index contributed by atoms with van der Waals surface area (Å²) in [7, 11) is 2.99. The number of pyridine rings is 1. The first kappa shape index (κ1) is 22.6. The standard InChI is InChI=1S/C22H25FN2O6/c1-22(8-9-30-2)16(31-3)12-25-11-14(18(26)19(27)17(25)20(22)28)21(29)24-10-13-6-4-5-7-15(13)23/h4-7,11,16,27H,8-10,12H2,1-3H3,(H,24,29)/t16-,22+/m0/s1. The number of carbonyl (C=O) groups excluding carboxylic acids is 2. The molecule has 0 bridgehead atoms. The van der Waals surface area contributed by atoms with Crippen LogP contribution in [-0.4, -0.2) is 48.3 Å². The van der Waals surface area contributed by atoms with Gasteiger partial charge in [-0.15, -0.1) is 0 Å². The zero-order valence-corrected chi connectivity index (χ0v) is 17.6. The van der Waals surface area contributed by atoms with Gasteiger partial charge in [0.2, 0.25) is 5.43 Å². The molecule has 0 saturated heterocycles. The Morgan fingerprint density at radius 2 is 2.03 bits per heavy atom. The van der Waals surface area contributed by atoms with Crippen molar-refractivity contribution in [3.63, 3.8) is 0 Å². The number of hydrogen-bond donors (Lipinski definition) is 2. The van der Waals surface area contributed by atoms with Gasteiger partial charge >= 0.3 is 0 Å². The molecule has 0 fully saturated rings. The second kappa shape index (κ2) is 8.99. The van der Waals surface area contributed by atoms with Gasteiger partial charge in [0.05, 0.1) is 18.1 Å². The van der Waals surface area contributed by atoms with Gasteiger partial charge in [-0.3, -0.25) is 14.4 Å². The van der Waals surface area contributed by atoms with Crippen molar-refractivity contribution in [2.45, 2.75) is 32.5 Å². The highest BCUT2D eigenvalue weighted by molar-refractivity contribution is 6.03. The maximum Gasteiger partial charge on any atom is 0.257 e. The highest BCUT2D eigenvalue weighted by Crippen LogP contribution is 2.39. The normalized spacial score (nSPS) is 20.4. The number of Topliss-reactive ketones (excluding diaryl/α,β-unsaturated/α-hetero) is 1. The minimum Gasteiger partial charge on any atom is -0.503 e. The zero-order valence-electron chi connectivity index (χ0n) is 17.6. The largest absolute Gasteiger partial charge is 0.503 e. The number of nitrogens with one attached hydrogen (secondary N) is 1. The summed E-state index contributed by atoms with van der Waals surface area (Å²) in [5, 5.41) is 13.0. The molecular formula is C22H25FN2O6. The molecular weight excluding hydrogens is 407 g/mol. The third-order valence-corrected chi connectivity index (χ3v) is 5.81. The SMILES string of the molecule is COCC[C@@]1(C)C(=O)c2c(O)c(=O)c(C(=O)NCc3ccccc3F)cn2C[C@@H]1OC. The minimum absolute atomic E-state index is 0.137. The highest BCUT2D eigenvalue weighted by Gasteiger charge is 2.48. The minimum atomic E-state index is -1.01. The van der Waals surface area contributed by atoms with Gasteiger partial charge in [-0.25, -0.2) is 4.39 Å². The lowest BCUT2D eigenvalue weighted by molar-refractivity contribution is -0.0262. The van der Waals surface area contributed by atoms with E-state index in [2.05, 4.69) is 5.32 Å². The van der Waals surface area contributed by atoms with Crippen molar-refractivity contribution in [2.75, 3.05) is 20.8 Å². The van der Waals surface area contributed by atoms with Gasteiger partial charge in [-0.05, 0) is 19.4 Å².